The lowest BCUT2D eigenvalue weighted by molar-refractivity contribution is -0.138. The van der Waals surface area contributed by atoms with Crippen molar-refractivity contribution < 1.29 is 29.1 Å². The molecular formula is C25H49N11O6. The maximum absolute atomic E-state index is 13.3. The van der Waals surface area contributed by atoms with Gasteiger partial charge in [-0.15, -0.1) is 0 Å². The molecule has 0 spiro atoms. The average Bonchev–Trinajstić information content (AvgIpc) is 2.88. The van der Waals surface area contributed by atoms with Crippen molar-refractivity contribution in [1.82, 2.24) is 21.3 Å². The minimum Gasteiger partial charge on any atom is -0.480 e. The number of rotatable bonds is 20. The number of aliphatic carboxylic acids is 1. The van der Waals surface area contributed by atoms with E-state index in [4.69, 9.17) is 33.8 Å². The summed E-state index contributed by atoms with van der Waals surface area (Å²) in [4.78, 5) is 70.6. The van der Waals surface area contributed by atoms with E-state index < -0.39 is 60.3 Å². The Morgan fingerprint density at radius 2 is 1.24 bits per heavy atom. The number of hydrogen-bond acceptors (Lipinski definition) is 8. The minimum absolute atomic E-state index is 0.0232. The Balaban J connectivity index is 5.69. The average molecular weight is 600 g/mol. The number of carboxylic acids is 1. The molecule has 0 rings (SSSR count). The van der Waals surface area contributed by atoms with Crippen LogP contribution in [0.3, 0.4) is 0 Å². The van der Waals surface area contributed by atoms with Gasteiger partial charge in [-0.1, -0.05) is 27.7 Å². The van der Waals surface area contributed by atoms with Gasteiger partial charge in [-0.25, -0.2) is 0 Å². The summed E-state index contributed by atoms with van der Waals surface area (Å²) in [6.07, 6.45) is 1.34. The Morgan fingerprint density at radius 3 is 1.71 bits per heavy atom. The van der Waals surface area contributed by atoms with E-state index >= 15 is 0 Å². The van der Waals surface area contributed by atoms with E-state index in [1.54, 1.807) is 13.8 Å². The van der Waals surface area contributed by atoms with Crippen LogP contribution in [0.15, 0.2) is 9.98 Å². The van der Waals surface area contributed by atoms with Crippen LogP contribution in [-0.4, -0.2) is 90.4 Å². The van der Waals surface area contributed by atoms with Crippen molar-refractivity contribution in [2.45, 2.75) is 84.0 Å². The van der Waals surface area contributed by atoms with Crippen molar-refractivity contribution >= 4 is 41.5 Å². The van der Waals surface area contributed by atoms with Crippen LogP contribution in [-0.2, 0) is 24.0 Å². The fourth-order valence-electron chi connectivity index (χ4n) is 3.74. The molecule has 0 bridgehead atoms. The van der Waals surface area contributed by atoms with Gasteiger partial charge in [0.1, 0.15) is 24.7 Å². The maximum atomic E-state index is 13.3. The van der Waals surface area contributed by atoms with Crippen LogP contribution >= 0.6 is 0 Å². The predicted molar refractivity (Wildman–Crippen MR) is 159 cm³/mol. The maximum Gasteiger partial charge on any atom is 0.322 e. The first-order valence-corrected chi connectivity index (χ1v) is 13.8. The fourth-order valence-corrected chi connectivity index (χ4v) is 3.74. The number of amides is 4. The molecule has 15 N–H and O–H groups in total. The zero-order valence-corrected chi connectivity index (χ0v) is 24.9. The zero-order valence-electron chi connectivity index (χ0n) is 24.9. The lowest BCUT2D eigenvalue weighted by atomic mass is 10.00. The van der Waals surface area contributed by atoms with Gasteiger partial charge in [0.05, 0.1) is 6.04 Å². The van der Waals surface area contributed by atoms with Gasteiger partial charge >= 0.3 is 5.97 Å². The van der Waals surface area contributed by atoms with Gasteiger partial charge in [-0.05, 0) is 43.9 Å². The molecule has 0 aliphatic carbocycles. The third-order valence-corrected chi connectivity index (χ3v) is 5.88. The molecule has 0 aromatic rings. The Morgan fingerprint density at radius 1 is 0.714 bits per heavy atom. The standard InChI is InChI=1S/C25H49N11O6/c1-13(2)11-17(21(40)33-12-18(37)38)35-22(41)16(8-6-10-32-25(29)30)34-23(42)19(14(3)4)36-20(39)15(26)7-5-9-31-24(27)28/h13-17,19H,5-12,26H2,1-4H3,(H,33,40)(H,34,42)(H,35,41)(H,36,39)(H,37,38)(H4,27,28,31)(H4,29,30,32)/t15-,16-,17-,19-/m0/s1. The van der Waals surface area contributed by atoms with Gasteiger partial charge in [0.25, 0.3) is 0 Å². The summed E-state index contributed by atoms with van der Waals surface area (Å²) in [5.74, 6) is -4.38. The number of nitrogens with one attached hydrogen (secondary N) is 4. The summed E-state index contributed by atoms with van der Waals surface area (Å²) in [7, 11) is 0. The third-order valence-electron chi connectivity index (χ3n) is 5.88. The van der Waals surface area contributed by atoms with Gasteiger partial charge in [-0.3, -0.25) is 34.0 Å². The molecule has 0 fully saturated rings. The first kappa shape index (κ1) is 37.9. The Labute approximate surface area is 246 Å². The van der Waals surface area contributed by atoms with Crippen LogP contribution in [0.2, 0.25) is 0 Å². The number of guanidine groups is 2. The summed E-state index contributed by atoms with van der Waals surface area (Å²) in [6.45, 7) is 6.95. The van der Waals surface area contributed by atoms with Crippen molar-refractivity contribution in [2.24, 2.45) is 50.5 Å². The van der Waals surface area contributed by atoms with Crippen LogP contribution < -0.4 is 49.9 Å². The molecular weight excluding hydrogens is 550 g/mol. The topological polar surface area (TPSA) is 309 Å². The highest BCUT2D eigenvalue weighted by molar-refractivity contribution is 5.95. The number of carbonyl (C=O) groups excluding carboxylic acids is 4. The Bertz CT molecular complexity index is 963. The van der Waals surface area contributed by atoms with Gasteiger partial charge in [0.2, 0.25) is 23.6 Å². The SMILES string of the molecule is CC(C)C[C@H](NC(=O)[C@H](CCCN=C(N)N)NC(=O)[C@@H](NC(=O)[C@@H](N)CCCN=C(N)N)C(C)C)C(=O)NCC(=O)O. The molecule has 4 atom stereocenters. The molecule has 0 aliphatic rings. The largest absolute Gasteiger partial charge is 0.480 e. The second-order valence-electron chi connectivity index (χ2n) is 10.6. The molecule has 0 aliphatic heterocycles. The van der Waals surface area contributed by atoms with E-state index in [0.29, 0.717) is 19.4 Å². The van der Waals surface area contributed by atoms with Crippen molar-refractivity contribution in [3.63, 3.8) is 0 Å². The van der Waals surface area contributed by atoms with Crippen LogP contribution in [0.25, 0.3) is 0 Å². The van der Waals surface area contributed by atoms with Crippen molar-refractivity contribution in [3.8, 4) is 0 Å². The molecule has 0 heterocycles. The van der Waals surface area contributed by atoms with E-state index in [2.05, 4.69) is 31.3 Å². The van der Waals surface area contributed by atoms with Gasteiger partial charge < -0.3 is 55.0 Å². The van der Waals surface area contributed by atoms with E-state index in [1.165, 1.54) is 0 Å². The predicted octanol–water partition coefficient (Wildman–Crippen LogP) is -3.22. The summed E-state index contributed by atoms with van der Waals surface area (Å²) in [5, 5.41) is 19.1. The number of carbonyl (C=O) groups is 5. The van der Waals surface area contributed by atoms with Crippen molar-refractivity contribution in [3.05, 3.63) is 0 Å². The molecule has 4 amide bonds. The smallest absolute Gasteiger partial charge is 0.322 e. The van der Waals surface area contributed by atoms with Gasteiger partial charge in [0.15, 0.2) is 11.9 Å². The van der Waals surface area contributed by atoms with Crippen LogP contribution in [0, 0.1) is 11.8 Å². The molecule has 0 radical (unpaired) electrons. The number of nitrogens with zero attached hydrogens (tertiary/aromatic N) is 2. The van der Waals surface area contributed by atoms with E-state index in [9.17, 15) is 24.0 Å². The number of aliphatic imine (C=N–C) groups is 2. The highest BCUT2D eigenvalue weighted by Gasteiger charge is 2.32. The summed E-state index contributed by atoms with van der Waals surface area (Å²) < 4.78 is 0. The van der Waals surface area contributed by atoms with Crippen molar-refractivity contribution in [1.29, 1.82) is 0 Å². The second-order valence-corrected chi connectivity index (χ2v) is 10.6. The normalized spacial score (nSPS) is 13.7. The Hall–Kier alpha value is -4.15. The lowest BCUT2D eigenvalue weighted by Crippen LogP contribution is -2.59. The molecule has 240 valence electrons. The summed E-state index contributed by atoms with van der Waals surface area (Å²) in [5.41, 5.74) is 27.3. The second kappa shape index (κ2) is 19.8. The molecule has 17 nitrogen and oxygen atoms in total. The molecule has 0 aromatic heterocycles. The Kier molecular flexibility index (Phi) is 17.9. The van der Waals surface area contributed by atoms with Gasteiger partial charge in [-0.2, -0.15) is 0 Å². The zero-order chi connectivity index (χ0) is 32.4. The molecule has 0 saturated carbocycles. The number of hydrogen-bond donors (Lipinski definition) is 10. The van der Waals surface area contributed by atoms with Crippen LogP contribution in [0.4, 0.5) is 0 Å². The summed E-state index contributed by atoms with van der Waals surface area (Å²) >= 11 is 0. The molecule has 0 aromatic carbocycles. The monoisotopic (exact) mass is 599 g/mol. The van der Waals surface area contributed by atoms with E-state index in [0.717, 1.165) is 0 Å². The summed E-state index contributed by atoms with van der Waals surface area (Å²) in [6, 6.07) is -4.13. The molecule has 0 saturated heterocycles. The third kappa shape index (κ3) is 16.8. The highest BCUT2D eigenvalue weighted by Crippen LogP contribution is 2.09. The molecule has 0 unspecified atom stereocenters. The minimum atomic E-state index is -1.24. The fraction of sp³-hybridized carbons (Fsp3) is 0.720. The highest BCUT2D eigenvalue weighted by atomic mass is 16.4. The molecule has 42 heavy (non-hydrogen) atoms. The number of carboxylic acid groups (broad SMARTS) is 1. The van der Waals surface area contributed by atoms with E-state index in [-0.39, 0.29) is 49.6 Å². The molecule has 17 heteroatoms. The van der Waals surface area contributed by atoms with Crippen LogP contribution in [0.1, 0.15) is 59.8 Å². The first-order chi connectivity index (χ1) is 19.5. The van der Waals surface area contributed by atoms with Crippen molar-refractivity contribution in [2.75, 3.05) is 19.6 Å². The van der Waals surface area contributed by atoms with Gasteiger partial charge in [0, 0.05) is 13.1 Å². The first-order valence-electron chi connectivity index (χ1n) is 13.8. The lowest BCUT2D eigenvalue weighted by Gasteiger charge is -2.27. The number of nitrogens with two attached hydrogens (primary N) is 5. The van der Waals surface area contributed by atoms with E-state index in [1.807, 2.05) is 13.8 Å². The van der Waals surface area contributed by atoms with Crippen LogP contribution in [0.5, 0.6) is 0 Å². The quantitative estimate of drug-likeness (QED) is 0.0377.